The molecule has 1 amide bonds. The summed E-state index contributed by atoms with van der Waals surface area (Å²) in [6, 6.07) is 5.07. The number of carbonyl (C=O) groups excluding carboxylic acids is 1. The summed E-state index contributed by atoms with van der Waals surface area (Å²) in [7, 11) is -3.33. The van der Waals surface area contributed by atoms with Gasteiger partial charge in [-0.3, -0.25) is 9.59 Å². The van der Waals surface area contributed by atoms with Gasteiger partial charge in [0.15, 0.2) is 9.84 Å². The molecule has 116 valence electrons. The number of carboxylic acids is 1. The van der Waals surface area contributed by atoms with Crippen LogP contribution in [0.2, 0.25) is 0 Å². The van der Waals surface area contributed by atoms with Gasteiger partial charge in [0, 0.05) is 0 Å². The van der Waals surface area contributed by atoms with Crippen molar-refractivity contribution in [1.82, 2.24) is 5.32 Å². The Morgan fingerprint density at radius 1 is 1.14 bits per heavy atom. The molecule has 2 N–H and O–H groups in total. The Morgan fingerprint density at radius 3 is 2.10 bits per heavy atom. The molecular formula is C14H19NO5S. The third-order valence-electron chi connectivity index (χ3n) is 2.99. The predicted molar refractivity (Wildman–Crippen MR) is 77.7 cm³/mol. The SMILES string of the molecule is CC(NC(=O)Cc1ccc(S(=O)(=O)C(C)C)cc1)C(=O)O. The molecule has 0 aliphatic carbocycles. The van der Waals surface area contributed by atoms with Crippen molar-refractivity contribution in [1.29, 1.82) is 0 Å². The zero-order valence-electron chi connectivity index (χ0n) is 12.2. The van der Waals surface area contributed by atoms with Crippen molar-refractivity contribution < 1.29 is 23.1 Å². The summed E-state index contributed by atoms with van der Waals surface area (Å²) < 4.78 is 23.9. The Labute approximate surface area is 124 Å². The number of rotatable bonds is 6. The van der Waals surface area contributed by atoms with Crippen LogP contribution < -0.4 is 5.32 Å². The maximum atomic E-state index is 11.9. The van der Waals surface area contributed by atoms with Crippen LogP contribution in [0.5, 0.6) is 0 Å². The van der Waals surface area contributed by atoms with Crippen LogP contribution >= 0.6 is 0 Å². The van der Waals surface area contributed by atoms with Gasteiger partial charge in [-0.15, -0.1) is 0 Å². The van der Waals surface area contributed by atoms with Crippen molar-refractivity contribution in [3.63, 3.8) is 0 Å². The lowest BCUT2D eigenvalue weighted by atomic mass is 10.1. The van der Waals surface area contributed by atoms with Gasteiger partial charge in [-0.05, 0) is 38.5 Å². The number of carbonyl (C=O) groups is 2. The van der Waals surface area contributed by atoms with Gasteiger partial charge in [-0.25, -0.2) is 8.42 Å². The van der Waals surface area contributed by atoms with E-state index in [1.165, 1.54) is 19.1 Å². The smallest absolute Gasteiger partial charge is 0.325 e. The number of aliphatic carboxylic acids is 1. The maximum Gasteiger partial charge on any atom is 0.325 e. The summed E-state index contributed by atoms with van der Waals surface area (Å²) in [5.74, 6) is -1.54. The average molecular weight is 313 g/mol. The summed E-state index contributed by atoms with van der Waals surface area (Å²) in [6.07, 6.45) is -0.000371. The second-order valence-corrected chi connectivity index (χ2v) is 7.55. The molecule has 0 aromatic heterocycles. The first-order valence-electron chi connectivity index (χ1n) is 6.49. The topological polar surface area (TPSA) is 101 Å². The van der Waals surface area contributed by atoms with Gasteiger partial charge in [-0.2, -0.15) is 0 Å². The summed E-state index contributed by atoms with van der Waals surface area (Å²) in [6.45, 7) is 4.58. The Morgan fingerprint density at radius 2 is 1.67 bits per heavy atom. The fourth-order valence-corrected chi connectivity index (χ4v) is 2.67. The van der Waals surface area contributed by atoms with E-state index in [9.17, 15) is 18.0 Å². The molecule has 1 rings (SSSR count). The van der Waals surface area contributed by atoms with E-state index in [1.54, 1.807) is 26.0 Å². The molecule has 7 heteroatoms. The largest absolute Gasteiger partial charge is 0.480 e. The van der Waals surface area contributed by atoms with Gasteiger partial charge in [0.05, 0.1) is 16.6 Å². The van der Waals surface area contributed by atoms with Crippen LogP contribution in [0.15, 0.2) is 29.2 Å². The second kappa shape index (κ2) is 6.71. The maximum absolute atomic E-state index is 11.9. The number of carboxylic acid groups (broad SMARTS) is 1. The zero-order valence-corrected chi connectivity index (χ0v) is 13.0. The highest BCUT2D eigenvalue weighted by atomic mass is 32.2. The third kappa shape index (κ3) is 4.56. The van der Waals surface area contributed by atoms with Crippen LogP contribution in [0.25, 0.3) is 0 Å². The normalized spacial score (nSPS) is 13.0. The van der Waals surface area contributed by atoms with Crippen molar-refractivity contribution in [3.8, 4) is 0 Å². The molecule has 0 bridgehead atoms. The third-order valence-corrected chi connectivity index (χ3v) is 5.16. The van der Waals surface area contributed by atoms with Gasteiger partial charge in [0.1, 0.15) is 6.04 Å². The van der Waals surface area contributed by atoms with Gasteiger partial charge in [0.25, 0.3) is 0 Å². The van der Waals surface area contributed by atoms with Gasteiger partial charge in [0.2, 0.25) is 5.91 Å². The van der Waals surface area contributed by atoms with Crippen molar-refractivity contribution in [3.05, 3.63) is 29.8 Å². The lowest BCUT2D eigenvalue weighted by Gasteiger charge is -2.10. The highest BCUT2D eigenvalue weighted by Crippen LogP contribution is 2.16. The molecule has 0 heterocycles. The molecule has 0 saturated heterocycles. The van der Waals surface area contributed by atoms with Gasteiger partial charge in [-0.1, -0.05) is 12.1 Å². The molecule has 0 fully saturated rings. The number of benzene rings is 1. The van der Waals surface area contributed by atoms with Crippen molar-refractivity contribution in [2.75, 3.05) is 0 Å². The quantitative estimate of drug-likeness (QED) is 0.816. The number of amides is 1. The molecule has 0 saturated carbocycles. The van der Waals surface area contributed by atoms with Crippen LogP contribution in [-0.2, 0) is 25.8 Å². The molecule has 1 aromatic rings. The average Bonchev–Trinajstić information content (AvgIpc) is 2.38. The summed E-state index contributed by atoms with van der Waals surface area (Å²) in [5, 5.41) is 10.5. The standard InChI is InChI=1S/C14H19NO5S/c1-9(2)21(19,20)12-6-4-11(5-7-12)8-13(16)15-10(3)14(17)18/h4-7,9-10H,8H2,1-3H3,(H,15,16)(H,17,18). The van der Waals surface area contributed by atoms with E-state index >= 15 is 0 Å². The monoisotopic (exact) mass is 313 g/mol. The fourth-order valence-electron chi connectivity index (χ4n) is 1.61. The molecule has 21 heavy (non-hydrogen) atoms. The van der Waals surface area contributed by atoms with E-state index in [0.29, 0.717) is 5.56 Å². The fraction of sp³-hybridized carbons (Fsp3) is 0.429. The highest BCUT2D eigenvalue weighted by Gasteiger charge is 2.19. The molecule has 0 aliphatic rings. The van der Waals surface area contributed by atoms with E-state index < -0.39 is 33.0 Å². The van der Waals surface area contributed by atoms with E-state index in [2.05, 4.69) is 5.32 Å². The van der Waals surface area contributed by atoms with Crippen LogP contribution in [0.3, 0.4) is 0 Å². The molecule has 1 unspecified atom stereocenters. The molecular weight excluding hydrogens is 294 g/mol. The molecule has 1 aromatic carbocycles. The molecule has 0 radical (unpaired) electrons. The number of hydrogen-bond donors (Lipinski definition) is 2. The predicted octanol–water partition coefficient (Wildman–Crippen LogP) is 1.00. The lowest BCUT2D eigenvalue weighted by Crippen LogP contribution is -2.39. The Hall–Kier alpha value is -1.89. The van der Waals surface area contributed by atoms with Gasteiger partial charge < -0.3 is 10.4 Å². The van der Waals surface area contributed by atoms with Crippen LogP contribution in [-0.4, -0.2) is 36.7 Å². The van der Waals surface area contributed by atoms with Gasteiger partial charge >= 0.3 is 5.97 Å². The minimum absolute atomic E-state index is 0.000371. The summed E-state index contributed by atoms with van der Waals surface area (Å²) in [5.41, 5.74) is 0.618. The number of hydrogen-bond acceptors (Lipinski definition) is 4. The van der Waals surface area contributed by atoms with E-state index in [0.717, 1.165) is 0 Å². The van der Waals surface area contributed by atoms with E-state index in [1.807, 2.05) is 0 Å². The molecule has 1 atom stereocenters. The Kier molecular flexibility index (Phi) is 5.48. The lowest BCUT2D eigenvalue weighted by molar-refractivity contribution is -0.141. The van der Waals surface area contributed by atoms with Crippen LogP contribution in [0.4, 0.5) is 0 Å². The van der Waals surface area contributed by atoms with Crippen LogP contribution in [0, 0.1) is 0 Å². The zero-order chi connectivity index (χ0) is 16.2. The van der Waals surface area contributed by atoms with Crippen molar-refractivity contribution in [2.45, 2.75) is 43.4 Å². The molecule has 0 aliphatic heterocycles. The molecule has 6 nitrogen and oxygen atoms in total. The second-order valence-electron chi connectivity index (χ2n) is 5.04. The number of nitrogens with one attached hydrogen (secondary N) is 1. The van der Waals surface area contributed by atoms with Crippen LogP contribution in [0.1, 0.15) is 26.3 Å². The summed E-state index contributed by atoms with van der Waals surface area (Å²) in [4.78, 5) is 22.5. The summed E-state index contributed by atoms with van der Waals surface area (Å²) >= 11 is 0. The highest BCUT2D eigenvalue weighted by molar-refractivity contribution is 7.92. The first kappa shape index (κ1) is 17.2. The Bertz CT molecular complexity index is 619. The Balaban J connectivity index is 2.76. The molecule has 0 spiro atoms. The minimum atomic E-state index is -3.33. The van der Waals surface area contributed by atoms with E-state index in [-0.39, 0.29) is 11.3 Å². The first-order valence-corrected chi connectivity index (χ1v) is 8.04. The van der Waals surface area contributed by atoms with Crippen molar-refractivity contribution >= 4 is 21.7 Å². The minimum Gasteiger partial charge on any atom is -0.480 e. The number of sulfone groups is 1. The van der Waals surface area contributed by atoms with Crippen molar-refractivity contribution in [2.24, 2.45) is 0 Å². The van der Waals surface area contributed by atoms with E-state index in [4.69, 9.17) is 5.11 Å². The first-order chi connectivity index (χ1) is 9.64.